The van der Waals surface area contributed by atoms with E-state index in [1.807, 2.05) is 25.1 Å². The van der Waals surface area contributed by atoms with Crippen molar-refractivity contribution >= 4 is 11.5 Å². The van der Waals surface area contributed by atoms with E-state index in [2.05, 4.69) is 15.6 Å². The van der Waals surface area contributed by atoms with Gasteiger partial charge in [-0.15, -0.1) is 0 Å². The number of nitrogens with zero attached hydrogens (tertiary/aromatic N) is 1. The molecule has 0 saturated carbocycles. The zero-order chi connectivity index (χ0) is 14.4. The van der Waals surface area contributed by atoms with Crippen molar-refractivity contribution in [2.75, 3.05) is 23.7 Å². The van der Waals surface area contributed by atoms with Crippen molar-refractivity contribution in [3.8, 4) is 5.75 Å². The lowest BCUT2D eigenvalue weighted by Gasteiger charge is -2.14. The summed E-state index contributed by atoms with van der Waals surface area (Å²) in [6.07, 6.45) is -0.536. The largest absolute Gasteiger partial charge is 0.508 e. The Hall–Kier alpha value is -2.27. The molecule has 2 rings (SSSR count). The fourth-order valence-electron chi connectivity index (χ4n) is 1.75. The summed E-state index contributed by atoms with van der Waals surface area (Å²) in [4.78, 5) is 4.30. The second kappa shape index (κ2) is 6.77. The van der Waals surface area contributed by atoms with Crippen LogP contribution in [0.15, 0.2) is 42.5 Å². The number of anilines is 2. The molecule has 2 aromatic rings. The monoisotopic (exact) mass is 273 g/mol. The van der Waals surface area contributed by atoms with E-state index < -0.39 is 6.10 Å². The number of phenolic OH excluding ortho intramolecular Hbond substituents is 1. The number of pyridine rings is 1. The summed E-state index contributed by atoms with van der Waals surface area (Å²) in [5.74, 6) is 0.983. The van der Waals surface area contributed by atoms with Crippen LogP contribution < -0.4 is 10.6 Å². The summed E-state index contributed by atoms with van der Waals surface area (Å²) >= 11 is 0. The van der Waals surface area contributed by atoms with E-state index in [-0.39, 0.29) is 5.75 Å². The maximum atomic E-state index is 9.89. The molecule has 5 nitrogen and oxygen atoms in total. The zero-order valence-electron chi connectivity index (χ0n) is 11.4. The van der Waals surface area contributed by atoms with E-state index in [0.717, 1.165) is 17.2 Å². The summed E-state index contributed by atoms with van der Waals surface area (Å²) < 4.78 is 0. The molecule has 4 N–H and O–H groups in total. The summed E-state index contributed by atoms with van der Waals surface area (Å²) in [6.45, 7) is 2.76. The number of aryl methyl sites for hydroxylation is 1. The van der Waals surface area contributed by atoms with Crippen LogP contribution in [0.5, 0.6) is 5.75 Å². The number of hydrogen-bond donors (Lipinski definition) is 4. The first-order valence-electron chi connectivity index (χ1n) is 6.52. The first kappa shape index (κ1) is 14.1. The Labute approximate surface area is 118 Å². The molecule has 0 spiro atoms. The maximum Gasteiger partial charge on any atom is 0.126 e. The summed E-state index contributed by atoms with van der Waals surface area (Å²) in [5, 5.41) is 25.3. The second-order valence-electron chi connectivity index (χ2n) is 4.63. The summed E-state index contributed by atoms with van der Waals surface area (Å²) in [7, 11) is 0. The molecule has 1 atom stereocenters. The molecule has 0 bridgehead atoms. The van der Waals surface area contributed by atoms with Crippen LogP contribution in [0.3, 0.4) is 0 Å². The number of phenols is 1. The van der Waals surface area contributed by atoms with Gasteiger partial charge in [0, 0.05) is 24.5 Å². The third kappa shape index (κ3) is 4.44. The van der Waals surface area contributed by atoms with Crippen molar-refractivity contribution in [2.45, 2.75) is 13.0 Å². The Balaban J connectivity index is 1.75. The highest BCUT2D eigenvalue weighted by atomic mass is 16.3. The predicted octanol–water partition coefficient (Wildman–Crippen LogP) is 1.98. The van der Waals surface area contributed by atoms with Gasteiger partial charge in [-0.1, -0.05) is 6.07 Å². The number of aromatic hydroxyl groups is 1. The fraction of sp³-hybridized carbons (Fsp3) is 0.267. The molecule has 1 unspecified atom stereocenters. The molecule has 0 saturated heterocycles. The first-order chi connectivity index (χ1) is 9.63. The minimum absolute atomic E-state index is 0.225. The second-order valence-corrected chi connectivity index (χ2v) is 4.63. The van der Waals surface area contributed by atoms with Crippen molar-refractivity contribution in [1.82, 2.24) is 4.98 Å². The van der Waals surface area contributed by atoms with Gasteiger partial charge in [0.15, 0.2) is 0 Å². The highest BCUT2D eigenvalue weighted by Crippen LogP contribution is 2.13. The quantitative estimate of drug-likeness (QED) is 0.605. The Morgan fingerprint density at radius 1 is 1.05 bits per heavy atom. The van der Waals surface area contributed by atoms with Gasteiger partial charge in [0.25, 0.3) is 0 Å². The van der Waals surface area contributed by atoms with Crippen molar-refractivity contribution in [3.05, 3.63) is 48.2 Å². The zero-order valence-corrected chi connectivity index (χ0v) is 11.4. The molecule has 0 amide bonds. The number of hydrogen-bond acceptors (Lipinski definition) is 5. The molecule has 0 aliphatic heterocycles. The van der Waals surface area contributed by atoms with E-state index in [1.165, 1.54) is 0 Å². The van der Waals surface area contributed by atoms with Crippen LogP contribution in [-0.2, 0) is 0 Å². The van der Waals surface area contributed by atoms with Crippen LogP contribution in [0.25, 0.3) is 0 Å². The van der Waals surface area contributed by atoms with Crippen LogP contribution in [0.1, 0.15) is 5.69 Å². The van der Waals surface area contributed by atoms with Gasteiger partial charge in [-0.25, -0.2) is 4.98 Å². The van der Waals surface area contributed by atoms with Gasteiger partial charge in [-0.2, -0.15) is 0 Å². The molecular formula is C15H19N3O2. The molecule has 0 aliphatic rings. The minimum atomic E-state index is -0.536. The highest BCUT2D eigenvalue weighted by Gasteiger charge is 2.04. The Morgan fingerprint density at radius 3 is 2.45 bits per heavy atom. The topological polar surface area (TPSA) is 77.4 Å². The lowest BCUT2D eigenvalue weighted by atomic mass is 10.3. The van der Waals surface area contributed by atoms with Gasteiger partial charge >= 0.3 is 0 Å². The summed E-state index contributed by atoms with van der Waals surface area (Å²) in [6, 6.07) is 12.4. The fourth-order valence-corrected chi connectivity index (χ4v) is 1.75. The number of aliphatic hydroxyl groups is 1. The van der Waals surface area contributed by atoms with Crippen LogP contribution in [-0.4, -0.2) is 34.4 Å². The van der Waals surface area contributed by atoms with E-state index in [9.17, 15) is 10.2 Å². The number of rotatable bonds is 6. The van der Waals surface area contributed by atoms with Crippen LogP contribution in [0, 0.1) is 6.92 Å². The minimum Gasteiger partial charge on any atom is -0.508 e. The van der Waals surface area contributed by atoms with E-state index in [1.54, 1.807) is 24.3 Å². The van der Waals surface area contributed by atoms with Crippen LogP contribution in [0.4, 0.5) is 11.5 Å². The molecule has 106 valence electrons. The van der Waals surface area contributed by atoms with Gasteiger partial charge in [-0.3, -0.25) is 0 Å². The SMILES string of the molecule is Cc1cccc(NCC(O)CNc2ccc(O)cc2)n1. The lowest BCUT2D eigenvalue weighted by molar-refractivity contribution is 0.200. The molecule has 1 heterocycles. The van der Waals surface area contributed by atoms with Crippen molar-refractivity contribution in [1.29, 1.82) is 0 Å². The number of aliphatic hydroxyl groups excluding tert-OH is 1. The van der Waals surface area contributed by atoms with E-state index >= 15 is 0 Å². The average Bonchev–Trinajstić information content (AvgIpc) is 2.45. The van der Waals surface area contributed by atoms with Crippen molar-refractivity contribution in [2.24, 2.45) is 0 Å². The molecule has 1 aromatic heterocycles. The molecule has 20 heavy (non-hydrogen) atoms. The van der Waals surface area contributed by atoms with E-state index in [4.69, 9.17) is 0 Å². The first-order valence-corrected chi connectivity index (χ1v) is 6.52. The van der Waals surface area contributed by atoms with Gasteiger partial charge in [0.05, 0.1) is 6.10 Å². The number of benzene rings is 1. The Bertz CT molecular complexity index is 543. The van der Waals surface area contributed by atoms with Gasteiger partial charge in [0.2, 0.25) is 0 Å². The molecule has 0 aliphatic carbocycles. The van der Waals surface area contributed by atoms with Crippen LogP contribution >= 0.6 is 0 Å². The highest BCUT2D eigenvalue weighted by molar-refractivity contribution is 5.46. The smallest absolute Gasteiger partial charge is 0.126 e. The Kier molecular flexibility index (Phi) is 4.79. The Morgan fingerprint density at radius 2 is 1.75 bits per heavy atom. The maximum absolute atomic E-state index is 9.89. The summed E-state index contributed by atoms with van der Waals surface area (Å²) in [5.41, 5.74) is 1.79. The average molecular weight is 273 g/mol. The molecule has 1 aromatic carbocycles. The molecule has 5 heteroatoms. The lowest BCUT2D eigenvalue weighted by Crippen LogP contribution is -2.27. The molecule has 0 radical (unpaired) electrons. The van der Waals surface area contributed by atoms with Gasteiger partial charge in [-0.05, 0) is 43.3 Å². The number of nitrogens with one attached hydrogen (secondary N) is 2. The van der Waals surface area contributed by atoms with E-state index in [0.29, 0.717) is 13.1 Å². The molecular weight excluding hydrogens is 254 g/mol. The normalized spacial score (nSPS) is 11.9. The standard InChI is InChI=1S/C15H19N3O2/c1-11-3-2-4-15(18-11)17-10-14(20)9-16-12-5-7-13(19)8-6-12/h2-8,14,16,19-20H,9-10H2,1H3,(H,17,18). The number of aromatic nitrogens is 1. The van der Waals surface area contributed by atoms with Gasteiger partial charge < -0.3 is 20.8 Å². The third-order valence-corrected chi connectivity index (χ3v) is 2.82. The van der Waals surface area contributed by atoms with Gasteiger partial charge in [0.1, 0.15) is 11.6 Å². The van der Waals surface area contributed by atoms with Crippen molar-refractivity contribution < 1.29 is 10.2 Å². The van der Waals surface area contributed by atoms with Crippen molar-refractivity contribution in [3.63, 3.8) is 0 Å². The van der Waals surface area contributed by atoms with Crippen LogP contribution in [0.2, 0.25) is 0 Å². The third-order valence-electron chi connectivity index (χ3n) is 2.82. The molecule has 0 fully saturated rings. The predicted molar refractivity (Wildman–Crippen MR) is 80.1 cm³/mol.